The molecule has 120 valence electrons. The highest BCUT2D eigenvalue weighted by molar-refractivity contribution is 5.92. The predicted octanol–water partition coefficient (Wildman–Crippen LogP) is 2.71. The van der Waals surface area contributed by atoms with E-state index in [-0.39, 0.29) is 0 Å². The third-order valence-corrected chi connectivity index (χ3v) is 4.55. The minimum absolute atomic E-state index is 0.552. The van der Waals surface area contributed by atoms with Crippen LogP contribution in [0.25, 0.3) is 28.0 Å². The normalized spacial score (nSPS) is 13.1. The molecule has 0 atom stereocenters. The predicted molar refractivity (Wildman–Crippen MR) is 89.7 cm³/mol. The molecule has 3 heterocycles. The molecule has 1 aliphatic rings. The topological polar surface area (TPSA) is 92.4 Å². The van der Waals surface area contributed by atoms with Crippen molar-refractivity contribution in [3.63, 3.8) is 0 Å². The number of benzene rings is 2. The summed E-state index contributed by atoms with van der Waals surface area (Å²) >= 11 is 0. The van der Waals surface area contributed by atoms with Gasteiger partial charge in [-0.3, -0.25) is 0 Å². The summed E-state index contributed by atoms with van der Waals surface area (Å²) in [5.41, 5.74) is 5.81. The summed E-state index contributed by atoms with van der Waals surface area (Å²) in [5.74, 6) is 0.552. The molecule has 2 aromatic carbocycles. The van der Waals surface area contributed by atoms with E-state index in [2.05, 4.69) is 38.8 Å². The lowest BCUT2D eigenvalue weighted by Crippen LogP contribution is -1.93. The second-order valence-electron chi connectivity index (χ2n) is 5.90. The van der Waals surface area contributed by atoms with Gasteiger partial charge in [0.1, 0.15) is 6.07 Å². The van der Waals surface area contributed by atoms with E-state index in [1.54, 1.807) is 0 Å². The van der Waals surface area contributed by atoms with Crippen LogP contribution in [0.15, 0.2) is 42.6 Å². The summed E-state index contributed by atoms with van der Waals surface area (Å²) in [5, 5.41) is 24.5. The summed E-state index contributed by atoms with van der Waals surface area (Å²) in [6, 6.07) is 14.3. The Balaban J connectivity index is 1.67. The third kappa shape index (κ3) is 2.05. The molecule has 0 saturated carbocycles. The maximum atomic E-state index is 9.57. The van der Waals surface area contributed by atoms with E-state index in [0.29, 0.717) is 24.6 Å². The highest BCUT2D eigenvalue weighted by Gasteiger charge is 2.20. The van der Waals surface area contributed by atoms with Crippen molar-refractivity contribution in [2.45, 2.75) is 13.2 Å². The Hall–Kier alpha value is -3.50. The van der Waals surface area contributed by atoms with E-state index in [0.717, 1.165) is 33.3 Å². The first-order valence-corrected chi connectivity index (χ1v) is 7.83. The zero-order valence-corrected chi connectivity index (χ0v) is 13.1. The number of rotatable bonds is 2. The van der Waals surface area contributed by atoms with E-state index in [1.807, 2.05) is 35.0 Å². The standard InChI is InChI=1S/C18H12N6O/c19-7-13-8-24(16-6-3-12-9-25-10-15(12)17(13)16)14-4-1-11(2-5-14)18-20-22-23-21-18/h1-6,8H,9-10H2,(H,20,21,22,23). The minimum Gasteiger partial charge on any atom is -0.372 e. The molecule has 0 unspecified atom stereocenters. The number of fused-ring (bicyclic) bond motifs is 3. The van der Waals surface area contributed by atoms with Gasteiger partial charge in [0, 0.05) is 22.8 Å². The quantitative estimate of drug-likeness (QED) is 0.611. The fourth-order valence-electron chi connectivity index (χ4n) is 3.36. The number of ether oxygens (including phenoxy) is 1. The number of nitrogens with zero attached hydrogens (tertiary/aromatic N) is 5. The smallest absolute Gasteiger partial charge is 0.204 e. The lowest BCUT2D eigenvalue weighted by atomic mass is 10.0. The highest BCUT2D eigenvalue weighted by Crippen LogP contribution is 2.33. The second-order valence-corrected chi connectivity index (χ2v) is 5.90. The Morgan fingerprint density at radius 3 is 2.76 bits per heavy atom. The zero-order valence-electron chi connectivity index (χ0n) is 13.1. The van der Waals surface area contributed by atoms with Crippen molar-refractivity contribution in [2.75, 3.05) is 0 Å². The molecule has 7 nitrogen and oxygen atoms in total. The monoisotopic (exact) mass is 328 g/mol. The van der Waals surface area contributed by atoms with Crippen molar-refractivity contribution in [3.8, 4) is 23.1 Å². The molecule has 0 fully saturated rings. The Labute approximate surface area is 142 Å². The van der Waals surface area contributed by atoms with Crippen molar-refractivity contribution in [1.82, 2.24) is 25.2 Å². The summed E-state index contributed by atoms with van der Waals surface area (Å²) in [6.45, 7) is 1.17. The molecule has 0 amide bonds. The Morgan fingerprint density at radius 2 is 2.00 bits per heavy atom. The Kier molecular flexibility index (Phi) is 2.92. The molecular formula is C18H12N6O. The van der Waals surface area contributed by atoms with Gasteiger partial charge in [-0.1, -0.05) is 6.07 Å². The van der Waals surface area contributed by atoms with Crippen LogP contribution >= 0.6 is 0 Å². The molecule has 0 aliphatic carbocycles. The Bertz CT molecular complexity index is 1120. The fourth-order valence-corrected chi connectivity index (χ4v) is 3.36. The molecule has 2 aromatic heterocycles. The molecule has 0 spiro atoms. The van der Waals surface area contributed by atoms with Crippen LogP contribution in [0.4, 0.5) is 0 Å². The molecule has 1 N–H and O–H groups in total. The average Bonchev–Trinajstić information content (AvgIpc) is 3.39. The molecule has 1 aliphatic heterocycles. The van der Waals surface area contributed by atoms with Gasteiger partial charge in [-0.15, -0.1) is 10.2 Å². The van der Waals surface area contributed by atoms with Crippen LogP contribution in [0.1, 0.15) is 16.7 Å². The van der Waals surface area contributed by atoms with Crippen LogP contribution in [-0.2, 0) is 18.0 Å². The van der Waals surface area contributed by atoms with Crippen LogP contribution in [0.2, 0.25) is 0 Å². The lowest BCUT2D eigenvalue weighted by Gasteiger charge is -2.07. The molecular weight excluding hydrogens is 316 g/mol. The molecule has 0 radical (unpaired) electrons. The van der Waals surface area contributed by atoms with Crippen LogP contribution in [0.3, 0.4) is 0 Å². The number of H-pyrrole nitrogens is 1. The lowest BCUT2D eigenvalue weighted by molar-refractivity contribution is 0.135. The first-order chi connectivity index (χ1) is 12.3. The first-order valence-electron chi connectivity index (χ1n) is 7.83. The number of hydrogen-bond donors (Lipinski definition) is 1. The third-order valence-electron chi connectivity index (χ3n) is 4.55. The van der Waals surface area contributed by atoms with Crippen LogP contribution in [0.5, 0.6) is 0 Å². The molecule has 7 heteroatoms. The highest BCUT2D eigenvalue weighted by atomic mass is 16.5. The number of hydrogen-bond acceptors (Lipinski definition) is 5. The van der Waals surface area contributed by atoms with E-state index in [1.165, 1.54) is 0 Å². The second kappa shape index (κ2) is 5.26. The van der Waals surface area contributed by atoms with E-state index >= 15 is 0 Å². The van der Waals surface area contributed by atoms with E-state index in [9.17, 15) is 5.26 Å². The first kappa shape index (κ1) is 13.9. The van der Waals surface area contributed by atoms with Crippen LogP contribution in [0, 0.1) is 11.3 Å². The van der Waals surface area contributed by atoms with E-state index in [4.69, 9.17) is 4.74 Å². The van der Waals surface area contributed by atoms with Gasteiger partial charge in [0.15, 0.2) is 0 Å². The summed E-state index contributed by atoms with van der Waals surface area (Å²) in [6.07, 6.45) is 1.88. The molecule has 0 saturated heterocycles. The number of aromatic nitrogens is 5. The minimum atomic E-state index is 0.552. The van der Waals surface area contributed by atoms with Gasteiger partial charge in [0.2, 0.25) is 5.82 Å². The van der Waals surface area contributed by atoms with Gasteiger partial charge in [-0.2, -0.15) is 10.5 Å². The maximum Gasteiger partial charge on any atom is 0.204 e. The average molecular weight is 328 g/mol. The number of aromatic amines is 1. The molecule has 25 heavy (non-hydrogen) atoms. The van der Waals surface area contributed by atoms with Crippen LogP contribution in [-0.4, -0.2) is 25.2 Å². The summed E-state index contributed by atoms with van der Waals surface area (Å²) in [7, 11) is 0. The largest absolute Gasteiger partial charge is 0.372 e. The fraction of sp³-hybridized carbons (Fsp3) is 0.111. The van der Waals surface area contributed by atoms with Crippen molar-refractivity contribution in [3.05, 3.63) is 59.3 Å². The van der Waals surface area contributed by atoms with Gasteiger partial charge in [0.25, 0.3) is 0 Å². The zero-order chi connectivity index (χ0) is 16.8. The van der Waals surface area contributed by atoms with Gasteiger partial charge in [-0.05, 0) is 46.7 Å². The number of tetrazole rings is 1. The number of nitrogens with one attached hydrogen (secondary N) is 1. The van der Waals surface area contributed by atoms with Gasteiger partial charge >= 0.3 is 0 Å². The van der Waals surface area contributed by atoms with E-state index < -0.39 is 0 Å². The summed E-state index contributed by atoms with van der Waals surface area (Å²) < 4.78 is 7.59. The summed E-state index contributed by atoms with van der Waals surface area (Å²) in [4.78, 5) is 0. The van der Waals surface area contributed by atoms with Crippen molar-refractivity contribution in [1.29, 1.82) is 5.26 Å². The molecule has 5 rings (SSSR count). The van der Waals surface area contributed by atoms with Gasteiger partial charge in [-0.25, -0.2) is 0 Å². The van der Waals surface area contributed by atoms with Gasteiger partial charge in [0.05, 0.1) is 24.3 Å². The van der Waals surface area contributed by atoms with Crippen molar-refractivity contribution in [2.24, 2.45) is 0 Å². The maximum absolute atomic E-state index is 9.57. The Morgan fingerprint density at radius 1 is 1.12 bits per heavy atom. The number of nitriles is 1. The molecule has 0 bridgehead atoms. The van der Waals surface area contributed by atoms with Crippen molar-refractivity contribution < 1.29 is 4.74 Å². The molecule has 4 aromatic rings. The van der Waals surface area contributed by atoms with Gasteiger partial charge < -0.3 is 9.30 Å². The SMILES string of the molecule is N#Cc1cn(-c2ccc(-c3nn[nH]n3)cc2)c2ccc3c(c12)COC3. The van der Waals surface area contributed by atoms with Crippen molar-refractivity contribution >= 4 is 10.9 Å². The van der Waals surface area contributed by atoms with Crippen LogP contribution < -0.4 is 0 Å².